The van der Waals surface area contributed by atoms with Crippen LogP contribution in [0, 0.1) is 0 Å². The maximum Gasteiger partial charge on any atom is 0.326 e. The van der Waals surface area contributed by atoms with E-state index in [2.05, 4.69) is 16.0 Å². The first-order valence-corrected chi connectivity index (χ1v) is 13.2. The molecule has 0 heterocycles. The molecule has 0 aliphatic carbocycles. The molecule has 0 aromatic rings. The highest BCUT2D eigenvalue weighted by molar-refractivity contribution is 7.98. The highest BCUT2D eigenvalue weighted by Gasteiger charge is 2.29. The summed E-state index contributed by atoms with van der Waals surface area (Å²) in [4.78, 5) is 49.2. The summed E-state index contributed by atoms with van der Waals surface area (Å²) in [5.41, 5.74) is 10.9. The van der Waals surface area contributed by atoms with E-state index < -0.39 is 54.5 Å². The summed E-state index contributed by atoms with van der Waals surface area (Å²) >= 11 is 2.96. The lowest BCUT2D eigenvalue weighted by Gasteiger charge is -2.25. The quantitative estimate of drug-likeness (QED) is 0.110. The first kappa shape index (κ1) is 30.5. The number of carboxylic acids is 1. The van der Waals surface area contributed by atoms with Crippen LogP contribution in [0.2, 0.25) is 0 Å². The predicted octanol–water partition coefficient (Wildman–Crippen LogP) is -1.52. The molecule has 0 aromatic heterocycles. The van der Waals surface area contributed by atoms with Crippen molar-refractivity contribution in [3.8, 4) is 0 Å². The molecule has 11 nitrogen and oxygen atoms in total. The molecule has 0 fully saturated rings. The molecule has 0 bridgehead atoms. The Labute approximate surface area is 197 Å². The van der Waals surface area contributed by atoms with Gasteiger partial charge in [0, 0.05) is 0 Å². The van der Waals surface area contributed by atoms with Crippen LogP contribution in [0.3, 0.4) is 0 Å². The second kappa shape index (κ2) is 18.0. The van der Waals surface area contributed by atoms with Crippen LogP contribution in [0.15, 0.2) is 0 Å². The van der Waals surface area contributed by atoms with Crippen LogP contribution in [0.4, 0.5) is 0 Å². The maximum absolute atomic E-state index is 12.8. The zero-order valence-corrected chi connectivity index (χ0v) is 20.3. The van der Waals surface area contributed by atoms with Gasteiger partial charge in [-0.2, -0.15) is 23.5 Å². The van der Waals surface area contributed by atoms with E-state index in [1.165, 1.54) is 23.5 Å². The summed E-state index contributed by atoms with van der Waals surface area (Å²) in [7, 11) is 0. The standard InChI is InChI=1S/C19H37N5O6S2/c1-31-9-6-13(22-16(26)12(21)11-25)17(27)23-14(7-10-32-2)18(28)24-15(19(29)30)5-3-4-8-20/h12-15,25H,3-11,20-21H2,1-2H3,(H,22,26)(H,23,27)(H,24,28)(H,29,30). The molecular weight excluding hydrogens is 458 g/mol. The van der Waals surface area contributed by atoms with Crippen LogP contribution in [-0.2, 0) is 19.2 Å². The third kappa shape index (κ3) is 12.5. The number of carboxylic acid groups (broad SMARTS) is 1. The molecular formula is C19H37N5O6S2. The number of amides is 3. The number of aliphatic carboxylic acids is 1. The Balaban J connectivity index is 5.30. The lowest BCUT2D eigenvalue weighted by Crippen LogP contribution is -2.57. The van der Waals surface area contributed by atoms with Crippen molar-refractivity contribution in [1.29, 1.82) is 0 Å². The molecule has 4 unspecified atom stereocenters. The zero-order chi connectivity index (χ0) is 24.5. The highest BCUT2D eigenvalue weighted by Crippen LogP contribution is 2.07. The van der Waals surface area contributed by atoms with Gasteiger partial charge in [0.05, 0.1) is 6.61 Å². The number of hydrogen-bond donors (Lipinski definition) is 7. The van der Waals surface area contributed by atoms with Crippen LogP contribution in [0.5, 0.6) is 0 Å². The van der Waals surface area contributed by atoms with Gasteiger partial charge in [-0.15, -0.1) is 0 Å². The third-order valence-corrected chi connectivity index (χ3v) is 5.87. The fourth-order valence-electron chi connectivity index (χ4n) is 2.67. The fourth-order valence-corrected chi connectivity index (χ4v) is 3.61. The van der Waals surface area contributed by atoms with E-state index in [1.54, 1.807) is 0 Å². The van der Waals surface area contributed by atoms with Crippen LogP contribution >= 0.6 is 23.5 Å². The molecule has 0 aliphatic rings. The number of unbranched alkanes of at least 4 members (excludes halogenated alkanes) is 1. The Morgan fingerprint density at radius 2 is 1.28 bits per heavy atom. The van der Waals surface area contributed by atoms with Gasteiger partial charge in [-0.05, 0) is 62.7 Å². The van der Waals surface area contributed by atoms with Gasteiger partial charge in [0.25, 0.3) is 0 Å². The SMILES string of the molecule is CSCCC(NC(=O)C(N)CO)C(=O)NC(CCSC)C(=O)NC(CCCCN)C(=O)O. The van der Waals surface area contributed by atoms with Gasteiger partial charge < -0.3 is 37.6 Å². The van der Waals surface area contributed by atoms with Crippen LogP contribution < -0.4 is 27.4 Å². The Bertz CT molecular complexity index is 599. The minimum Gasteiger partial charge on any atom is -0.480 e. The summed E-state index contributed by atoms with van der Waals surface area (Å²) in [6, 6.07) is -4.17. The minimum absolute atomic E-state index is 0.229. The van der Waals surface area contributed by atoms with Crippen LogP contribution in [-0.4, -0.2) is 95.2 Å². The Morgan fingerprint density at radius 1 is 0.812 bits per heavy atom. The second-order valence-electron chi connectivity index (χ2n) is 7.16. The predicted molar refractivity (Wildman–Crippen MR) is 127 cm³/mol. The van der Waals surface area contributed by atoms with Crippen molar-refractivity contribution in [2.75, 3.05) is 37.2 Å². The molecule has 0 radical (unpaired) electrons. The summed E-state index contributed by atoms with van der Waals surface area (Å²) in [5, 5.41) is 26.1. The first-order chi connectivity index (χ1) is 15.2. The molecule has 0 spiro atoms. The number of nitrogens with one attached hydrogen (secondary N) is 3. The molecule has 0 saturated carbocycles. The number of hydrogen-bond acceptors (Lipinski definition) is 9. The van der Waals surface area contributed by atoms with Crippen molar-refractivity contribution in [3.63, 3.8) is 0 Å². The fraction of sp³-hybridized carbons (Fsp3) is 0.789. The lowest BCUT2D eigenvalue weighted by molar-refractivity contribution is -0.142. The number of carbonyl (C=O) groups is 4. The third-order valence-electron chi connectivity index (χ3n) is 4.58. The van der Waals surface area contributed by atoms with Gasteiger partial charge >= 0.3 is 5.97 Å². The number of aliphatic hydroxyl groups is 1. The van der Waals surface area contributed by atoms with Gasteiger partial charge in [0.15, 0.2) is 0 Å². The number of aliphatic hydroxyl groups excluding tert-OH is 1. The van der Waals surface area contributed by atoms with Crippen molar-refractivity contribution in [3.05, 3.63) is 0 Å². The largest absolute Gasteiger partial charge is 0.480 e. The summed E-state index contributed by atoms with van der Waals surface area (Å²) in [6.07, 6.45) is 5.69. The van der Waals surface area contributed by atoms with Gasteiger partial charge in [-0.1, -0.05) is 0 Å². The molecule has 0 rings (SSSR count). The molecule has 32 heavy (non-hydrogen) atoms. The number of thioether (sulfide) groups is 2. The monoisotopic (exact) mass is 495 g/mol. The Morgan fingerprint density at radius 3 is 1.69 bits per heavy atom. The molecule has 3 amide bonds. The summed E-state index contributed by atoms with van der Waals surface area (Å²) in [6.45, 7) is -0.141. The first-order valence-electron chi connectivity index (χ1n) is 10.4. The van der Waals surface area contributed by atoms with E-state index in [1.807, 2.05) is 12.5 Å². The average molecular weight is 496 g/mol. The van der Waals surface area contributed by atoms with E-state index in [4.69, 9.17) is 16.6 Å². The molecule has 0 aromatic carbocycles. The molecule has 4 atom stereocenters. The smallest absolute Gasteiger partial charge is 0.326 e. The number of rotatable bonds is 18. The Kier molecular flexibility index (Phi) is 17.1. The zero-order valence-electron chi connectivity index (χ0n) is 18.7. The van der Waals surface area contributed by atoms with E-state index >= 15 is 0 Å². The second-order valence-corrected chi connectivity index (χ2v) is 9.13. The molecule has 0 aliphatic heterocycles. The topological polar surface area (TPSA) is 197 Å². The number of nitrogens with two attached hydrogens (primary N) is 2. The molecule has 13 heteroatoms. The normalized spacial score (nSPS) is 14.7. The molecule has 186 valence electrons. The van der Waals surface area contributed by atoms with E-state index in [9.17, 15) is 24.3 Å². The Hall–Kier alpha value is -1.54. The minimum atomic E-state index is -1.17. The van der Waals surface area contributed by atoms with Crippen molar-refractivity contribution in [2.45, 2.75) is 56.3 Å². The van der Waals surface area contributed by atoms with Crippen LogP contribution in [0.1, 0.15) is 32.1 Å². The maximum atomic E-state index is 12.8. The lowest BCUT2D eigenvalue weighted by atomic mass is 10.1. The van der Waals surface area contributed by atoms with Crippen LogP contribution in [0.25, 0.3) is 0 Å². The van der Waals surface area contributed by atoms with E-state index in [-0.39, 0.29) is 12.8 Å². The van der Waals surface area contributed by atoms with Crippen molar-refractivity contribution >= 4 is 47.2 Å². The molecule has 9 N–H and O–H groups in total. The van der Waals surface area contributed by atoms with E-state index in [0.717, 1.165) is 0 Å². The molecule has 0 saturated heterocycles. The summed E-state index contributed by atoms with van der Waals surface area (Å²) in [5.74, 6) is -1.89. The average Bonchev–Trinajstić information content (AvgIpc) is 2.77. The van der Waals surface area contributed by atoms with Crippen molar-refractivity contribution in [2.24, 2.45) is 11.5 Å². The van der Waals surface area contributed by atoms with Gasteiger partial charge in [-0.25, -0.2) is 4.79 Å². The van der Waals surface area contributed by atoms with Gasteiger partial charge in [-0.3, -0.25) is 14.4 Å². The van der Waals surface area contributed by atoms with E-state index in [0.29, 0.717) is 37.3 Å². The van der Waals surface area contributed by atoms with Crippen molar-refractivity contribution < 1.29 is 29.4 Å². The van der Waals surface area contributed by atoms with Gasteiger partial charge in [0.2, 0.25) is 17.7 Å². The van der Waals surface area contributed by atoms with Gasteiger partial charge in [0.1, 0.15) is 24.2 Å². The number of carbonyl (C=O) groups excluding carboxylic acids is 3. The summed E-state index contributed by atoms with van der Waals surface area (Å²) < 4.78 is 0. The van der Waals surface area contributed by atoms with Crippen molar-refractivity contribution in [1.82, 2.24) is 16.0 Å². The highest BCUT2D eigenvalue weighted by atomic mass is 32.2.